The van der Waals surface area contributed by atoms with E-state index in [0.717, 1.165) is 13.1 Å². The molecule has 0 N–H and O–H groups in total. The van der Waals surface area contributed by atoms with Crippen molar-refractivity contribution in [1.29, 1.82) is 0 Å². The highest BCUT2D eigenvalue weighted by Gasteiger charge is 2.41. The Kier molecular flexibility index (Phi) is 5.75. The predicted octanol–water partition coefficient (Wildman–Crippen LogP) is 6.38. The molecule has 2 nitrogen and oxygen atoms in total. The Morgan fingerprint density at radius 2 is 0.875 bits per heavy atom. The van der Waals surface area contributed by atoms with Crippen LogP contribution in [-0.4, -0.2) is 48.2 Å². The van der Waals surface area contributed by atoms with E-state index in [4.69, 9.17) is 0 Å². The third-order valence-electron chi connectivity index (χ3n) is 8.21. The Bertz CT molecular complexity index is 1110. The van der Waals surface area contributed by atoms with E-state index in [2.05, 4.69) is 98.8 Å². The van der Waals surface area contributed by atoms with Gasteiger partial charge in [-0.3, -0.25) is 0 Å². The molecule has 1 aliphatic heterocycles. The summed E-state index contributed by atoms with van der Waals surface area (Å²) in [6, 6.07) is 31.4. The second-order valence-electron chi connectivity index (χ2n) is 9.80. The van der Waals surface area contributed by atoms with E-state index in [1.54, 1.807) is 0 Å². The van der Waals surface area contributed by atoms with E-state index in [1.165, 1.54) is 80.9 Å². The van der Waals surface area contributed by atoms with Gasteiger partial charge in [-0.25, -0.2) is 0 Å². The van der Waals surface area contributed by atoms with Gasteiger partial charge in [-0.2, -0.15) is 0 Å². The SMILES string of the molecule is CC[N+]1(Cc2cccc3ccccc23)CC[N+](CC)(Cc2cccc3ccccc23)CC1. The summed E-state index contributed by atoms with van der Waals surface area (Å²) in [5, 5.41) is 5.59. The van der Waals surface area contributed by atoms with E-state index in [9.17, 15) is 0 Å². The Balaban J connectivity index is 1.38. The molecule has 164 valence electrons. The maximum atomic E-state index is 2.39. The first-order valence-corrected chi connectivity index (χ1v) is 12.3. The molecule has 0 aromatic heterocycles. The number of nitrogens with zero attached hydrogens (tertiary/aromatic N) is 2. The minimum Gasteiger partial charge on any atom is -0.311 e. The lowest BCUT2D eigenvalue weighted by molar-refractivity contribution is -1.04. The minimum atomic E-state index is 1.15. The molecule has 5 rings (SSSR count). The number of hydrogen-bond acceptors (Lipinski definition) is 0. The average Bonchev–Trinajstić information content (AvgIpc) is 2.86. The molecule has 4 aromatic carbocycles. The van der Waals surface area contributed by atoms with Gasteiger partial charge in [0.2, 0.25) is 0 Å². The Morgan fingerprint density at radius 1 is 0.500 bits per heavy atom. The Hall–Kier alpha value is -2.68. The molecule has 4 aromatic rings. The zero-order valence-electron chi connectivity index (χ0n) is 19.6. The van der Waals surface area contributed by atoms with Crippen molar-refractivity contribution < 1.29 is 8.97 Å². The maximum absolute atomic E-state index is 2.39. The fourth-order valence-corrected chi connectivity index (χ4v) is 5.83. The van der Waals surface area contributed by atoms with Crippen molar-refractivity contribution in [3.8, 4) is 0 Å². The van der Waals surface area contributed by atoms with Gasteiger partial charge < -0.3 is 8.97 Å². The first kappa shape index (κ1) is 21.2. The number of hydrogen-bond donors (Lipinski definition) is 0. The van der Waals surface area contributed by atoms with Crippen LogP contribution in [0.1, 0.15) is 25.0 Å². The van der Waals surface area contributed by atoms with Crippen LogP contribution < -0.4 is 0 Å². The Morgan fingerprint density at radius 3 is 1.28 bits per heavy atom. The van der Waals surface area contributed by atoms with E-state index < -0.39 is 0 Å². The van der Waals surface area contributed by atoms with Gasteiger partial charge in [0.05, 0.1) is 13.1 Å². The first-order chi connectivity index (χ1) is 15.7. The third-order valence-corrected chi connectivity index (χ3v) is 8.21. The fraction of sp³-hybridized carbons (Fsp3) is 0.333. The van der Waals surface area contributed by atoms with Crippen LogP contribution in [0, 0.1) is 0 Å². The van der Waals surface area contributed by atoms with Gasteiger partial charge in [0.1, 0.15) is 39.3 Å². The van der Waals surface area contributed by atoms with Crippen molar-refractivity contribution in [2.45, 2.75) is 26.9 Å². The minimum absolute atomic E-state index is 1.15. The van der Waals surface area contributed by atoms with E-state index in [1.807, 2.05) is 0 Å². The smallest absolute Gasteiger partial charge is 0.129 e. The average molecular weight is 425 g/mol. The molecule has 0 saturated carbocycles. The molecule has 0 radical (unpaired) electrons. The van der Waals surface area contributed by atoms with Crippen LogP contribution >= 0.6 is 0 Å². The fourth-order valence-electron chi connectivity index (χ4n) is 5.83. The summed E-state index contributed by atoms with van der Waals surface area (Å²) < 4.78 is 2.42. The summed E-state index contributed by atoms with van der Waals surface area (Å²) >= 11 is 0. The first-order valence-electron chi connectivity index (χ1n) is 12.3. The highest BCUT2D eigenvalue weighted by Crippen LogP contribution is 2.29. The number of likely N-dealkylation sites (N-methyl/N-ethyl adjacent to an activating group) is 2. The summed E-state index contributed by atoms with van der Waals surface area (Å²) in [4.78, 5) is 0. The van der Waals surface area contributed by atoms with Gasteiger partial charge in [-0.1, -0.05) is 84.9 Å². The monoisotopic (exact) mass is 424 g/mol. The quantitative estimate of drug-likeness (QED) is 0.315. The van der Waals surface area contributed by atoms with Gasteiger partial charge in [0.15, 0.2) is 0 Å². The van der Waals surface area contributed by atoms with E-state index in [0.29, 0.717) is 0 Å². The zero-order valence-corrected chi connectivity index (χ0v) is 19.6. The molecule has 0 amide bonds. The lowest BCUT2D eigenvalue weighted by Gasteiger charge is -2.49. The second kappa shape index (κ2) is 8.69. The Labute approximate surface area is 192 Å². The molecule has 0 unspecified atom stereocenters. The molecule has 0 spiro atoms. The van der Waals surface area contributed by atoms with Crippen molar-refractivity contribution in [3.05, 3.63) is 96.1 Å². The highest BCUT2D eigenvalue weighted by molar-refractivity contribution is 5.86. The van der Waals surface area contributed by atoms with Gasteiger partial charge in [0, 0.05) is 11.1 Å². The standard InChI is InChI=1S/C30H36N2/c1-3-31(23-27-15-9-13-25-11-5-7-17-29(25)27)19-21-32(4-2,22-20-31)24-28-16-10-14-26-12-6-8-18-30(26)28/h5-18H,3-4,19-24H2,1-2H3/q+2. The number of rotatable bonds is 6. The summed E-state index contributed by atoms with van der Waals surface area (Å²) in [6.45, 7) is 14.5. The third kappa shape index (κ3) is 3.94. The maximum Gasteiger partial charge on any atom is 0.129 e. The van der Waals surface area contributed by atoms with Crippen LogP contribution in [0.2, 0.25) is 0 Å². The molecule has 1 fully saturated rings. The lowest BCUT2D eigenvalue weighted by Crippen LogP contribution is -2.65. The predicted molar refractivity (Wildman–Crippen MR) is 136 cm³/mol. The van der Waals surface area contributed by atoms with Crippen LogP contribution in [0.3, 0.4) is 0 Å². The second-order valence-corrected chi connectivity index (χ2v) is 9.80. The van der Waals surface area contributed by atoms with Crippen molar-refractivity contribution in [1.82, 2.24) is 0 Å². The molecular formula is C30H36N2+2. The molecule has 1 saturated heterocycles. The molecule has 0 bridgehead atoms. The van der Waals surface area contributed by atoms with Crippen LogP contribution in [-0.2, 0) is 13.1 Å². The molecule has 32 heavy (non-hydrogen) atoms. The number of piperazine rings is 1. The van der Waals surface area contributed by atoms with Crippen molar-refractivity contribution in [2.24, 2.45) is 0 Å². The topological polar surface area (TPSA) is 0 Å². The largest absolute Gasteiger partial charge is 0.311 e. The molecule has 0 atom stereocenters. The van der Waals surface area contributed by atoms with Gasteiger partial charge >= 0.3 is 0 Å². The molecule has 1 heterocycles. The van der Waals surface area contributed by atoms with E-state index >= 15 is 0 Å². The van der Waals surface area contributed by atoms with Gasteiger partial charge in [0.25, 0.3) is 0 Å². The normalized spacial score (nSPS) is 23.6. The van der Waals surface area contributed by atoms with Crippen molar-refractivity contribution in [2.75, 3.05) is 39.3 Å². The summed E-state index contributed by atoms with van der Waals surface area (Å²) in [6.07, 6.45) is 0. The van der Waals surface area contributed by atoms with Gasteiger partial charge in [-0.05, 0) is 35.4 Å². The summed E-state index contributed by atoms with van der Waals surface area (Å²) in [5.74, 6) is 0. The van der Waals surface area contributed by atoms with Crippen molar-refractivity contribution >= 4 is 21.5 Å². The number of quaternary nitrogens is 2. The zero-order chi connectivity index (χ0) is 22.0. The molecular weight excluding hydrogens is 388 g/mol. The molecule has 1 aliphatic rings. The lowest BCUT2D eigenvalue weighted by atomic mass is 10.0. The van der Waals surface area contributed by atoms with Gasteiger partial charge in [-0.15, -0.1) is 0 Å². The highest BCUT2D eigenvalue weighted by atomic mass is 15.5. The number of fused-ring (bicyclic) bond motifs is 2. The molecule has 0 aliphatic carbocycles. The van der Waals surface area contributed by atoms with Crippen LogP contribution in [0.4, 0.5) is 0 Å². The van der Waals surface area contributed by atoms with Crippen LogP contribution in [0.15, 0.2) is 84.9 Å². The summed E-state index contributed by atoms with van der Waals surface area (Å²) in [5.41, 5.74) is 3.02. The van der Waals surface area contributed by atoms with E-state index in [-0.39, 0.29) is 0 Å². The number of benzene rings is 4. The molecule has 2 heteroatoms. The van der Waals surface area contributed by atoms with Crippen molar-refractivity contribution in [3.63, 3.8) is 0 Å². The summed E-state index contributed by atoms with van der Waals surface area (Å²) in [7, 11) is 0. The van der Waals surface area contributed by atoms with Crippen LogP contribution in [0.5, 0.6) is 0 Å². The van der Waals surface area contributed by atoms with Crippen LogP contribution in [0.25, 0.3) is 21.5 Å².